The minimum absolute atomic E-state index is 0.120. The van der Waals surface area contributed by atoms with Gasteiger partial charge in [-0.05, 0) is 38.0 Å². The molecule has 138 valence electrons. The number of anilines is 1. The highest BCUT2D eigenvalue weighted by molar-refractivity contribution is 7.09. The van der Waals surface area contributed by atoms with Crippen LogP contribution in [-0.2, 0) is 4.79 Å². The van der Waals surface area contributed by atoms with Crippen LogP contribution < -0.4 is 10.6 Å². The molecule has 1 aliphatic rings. The van der Waals surface area contributed by atoms with Gasteiger partial charge in [-0.15, -0.1) is 11.3 Å². The van der Waals surface area contributed by atoms with Crippen molar-refractivity contribution in [3.8, 4) is 0 Å². The minimum Gasteiger partial charge on any atom is -0.371 e. The third kappa shape index (κ3) is 3.70. The lowest BCUT2D eigenvalue weighted by Crippen LogP contribution is -2.58. The molecule has 2 aromatic rings. The van der Waals surface area contributed by atoms with Crippen molar-refractivity contribution < 1.29 is 14.0 Å². The van der Waals surface area contributed by atoms with E-state index in [2.05, 4.69) is 15.6 Å². The highest BCUT2D eigenvalue weighted by atomic mass is 32.1. The number of nitrogens with zero attached hydrogens (tertiary/aromatic N) is 2. The number of halogens is 1. The number of carbonyl (C=O) groups is 2. The number of piperidine rings is 1. The number of hydrogen-bond acceptors (Lipinski definition) is 5. The molecule has 2 heterocycles. The molecule has 2 N–H and O–H groups in total. The molecule has 0 aliphatic carbocycles. The molecule has 1 saturated heterocycles. The topological polar surface area (TPSA) is 74.3 Å². The summed E-state index contributed by atoms with van der Waals surface area (Å²) in [6.45, 7) is 2.70. The van der Waals surface area contributed by atoms with Crippen LogP contribution in [0.25, 0.3) is 0 Å². The second kappa shape index (κ2) is 7.41. The van der Waals surface area contributed by atoms with Gasteiger partial charge < -0.3 is 15.5 Å². The van der Waals surface area contributed by atoms with Crippen LogP contribution in [0.3, 0.4) is 0 Å². The minimum atomic E-state index is -0.878. The zero-order chi connectivity index (χ0) is 18.7. The third-order valence-corrected chi connectivity index (χ3v) is 5.39. The molecule has 0 saturated carbocycles. The third-order valence-electron chi connectivity index (χ3n) is 4.61. The van der Waals surface area contributed by atoms with Crippen molar-refractivity contribution in [2.75, 3.05) is 25.5 Å². The maximum absolute atomic E-state index is 13.5. The molecule has 0 radical (unpaired) electrons. The summed E-state index contributed by atoms with van der Waals surface area (Å²) >= 11 is 1.44. The van der Waals surface area contributed by atoms with Gasteiger partial charge in [0, 0.05) is 31.2 Å². The van der Waals surface area contributed by atoms with Crippen LogP contribution in [0.2, 0.25) is 0 Å². The van der Waals surface area contributed by atoms with Crippen molar-refractivity contribution in [3.63, 3.8) is 0 Å². The fraction of sp³-hybridized carbons (Fsp3) is 0.389. The smallest absolute Gasteiger partial charge is 0.273 e. The first-order valence-electron chi connectivity index (χ1n) is 8.41. The summed E-state index contributed by atoms with van der Waals surface area (Å²) in [6.07, 6.45) is 0.857. The second-order valence-electron chi connectivity index (χ2n) is 6.34. The van der Waals surface area contributed by atoms with Gasteiger partial charge in [-0.3, -0.25) is 9.59 Å². The molecule has 0 spiro atoms. The molecule has 1 aliphatic heterocycles. The summed E-state index contributed by atoms with van der Waals surface area (Å²) in [5, 5.41) is 8.46. The van der Waals surface area contributed by atoms with E-state index in [1.807, 2.05) is 6.92 Å². The Balaban J connectivity index is 1.75. The van der Waals surface area contributed by atoms with Gasteiger partial charge in [0.1, 0.15) is 17.1 Å². The lowest BCUT2D eigenvalue weighted by Gasteiger charge is -2.41. The van der Waals surface area contributed by atoms with Crippen molar-refractivity contribution in [1.82, 2.24) is 15.2 Å². The molecule has 3 rings (SSSR count). The average Bonchev–Trinajstić information content (AvgIpc) is 3.07. The first-order valence-corrected chi connectivity index (χ1v) is 9.29. The maximum Gasteiger partial charge on any atom is 0.273 e. The molecular weight excluding hydrogens is 355 g/mol. The molecule has 1 aromatic heterocycles. The van der Waals surface area contributed by atoms with Gasteiger partial charge in [0.25, 0.3) is 5.91 Å². The number of likely N-dealkylation sites (tertiary alicyclic amines) is 1. The number of carbonyl (C=O) groups excluding carboxylic acids is 2. The average molecular weight is 376 g/mol. The standard InChI is InChI=1S/C18H21FN4O2S/c1-12-21-15(11-26-12)16(24)23-8-6-18(7-9-23,17(25)20-2)22-14-5-3-4-13(19)10-14/h3-5,10-11,22H,6-9H2,1-2H3,(H,20,25). The zero-order valence-electron chi connectivity index (χ0n) is 14.7. The van der Waals surface area contributed by atoms with Crippen LogP contribution in [0.1, 0.15) is 28.3 Å². The van der Waals surface area contributed by atoms with Crippen molar-refractivity contribution in [2.24, 2.45) is 0 Å². The van der Waals surface area contributed by atoms with Gasteiger partial charge in [0.2, 0.25) is 5.91 Å². The largest absolute Gasteiger partial charge is 0.371 e. The summed E-state index contributed by atoms with van der Waals surface area (Å²) in [5.74, 6) is -0.655. The number of nitrogens with one attached hydrogen (secondary N) is 2. The number of aryl methyl sites for hydroxylation is 1. The predicted octanol–water partition coefficient (Wildman–Crippen LogP) is 2.42. The Morgan fingerprint density at radius 3 is 2.62 bits per heavy atom. The number of amides is 2. The summed E-state index contributed by atoms with van der Waals surface area (Å²) < 4.78 is 13.5. The van der Waals surface area contributed by atoms with Crippen molar-refractivity contribution in [3.05, 3.63) is 46.2 Å². The number of benzene rings is 1. The Hall–Kier alpha value is -2.48. The number of likely N-dealkylation sites (N-methyl/N-ethyl adjacent to an activating group) is 1. The van der Waals surface area contributed by atoms with Gasteiger partial charge in [-0.2, -0.15) is 0 Å². The van der Waals surface area contributed by atoms with Crippen LogP contribution in [0, 0.1) is 12.7 Å². The maximum atomic E-state index is 13.5. The number of thiazole rings is 1. The van der Waals surface area contributed by atoms with Crippen LogP contribution in [0.4, 0.5) is 10.1 Å². The van der Waals surface area contributed by atoms with Crippen LogP contribution >= 0.6 is 11.3 Å². The van der Waals surface area contributed by atoms with E-state index in [-0.39, 0.29) is 17.6 Å². The van der Waals surface area contributed by atoms with E-state index in [9.17, 15) is 14.0 Å². The predicted molar refractivity (Wildman–Crippen MR) is 98.8 cm³/mol. The highest BCUT2D eigenvalue weighted by Gasteiger charge is 2.42. The number of hydrogen-bond donors (Lipinski definition) is 2. The van der Waals surface area contributed by atoms with E-state index in [1.54, 1.807) is 29.5 Å². The van der Waals surface area contributed by atoms with Gasteiger partial charge in [-0.1, -0.05) is 6.07 Å². The van der Waals surface area contributed by atoms with Crippen LogP contribution in [0.15, 0.2) is 29.6 Å². The molecule has 1 fully saturated rings. The monoisotopic (exact) mass is 376 g/mol. The Morgan fingerprint density at radius 2 is 2.04 bits per heavy atom. The second-order valence-corrected chi connectivity index (χ2v) is 7.40. The van der Waals surface area contributed by atoms with Crippen LogP contribution in [0.5, 0.6) is 0 Å². The molecule has 1 aromatic carbocycles. The molecule has 2 amide bonds. The fourth-order valence-electron chi connectivity index (χ4n) is 3.21. The summed E-state index contributed by atoms with van der Waals surface area (Å²) in [6, 6.07) is 6.04. The molecule has 8 heteroatoms. The molecule has 0 unspecified atom stereocenters. The SMILES string of the molecule is CNC(=O)C1(Nc2cccc(F)c2)CCN(C(=O)c2csc(C)n2)CC1. The van der Waals surface area contributed by atoms with E-state index in [4.69, 9.17) is 0 Å². The Kier molecular flexibility index (Phi) is 5.22. The van der Waals surface area contributed by atoms with E-state index in [0.717, 1.165) is 5.01 Å². The number of aromatic nitrogens is 1. The molecule has 0 bridgehead atoms. The lowest BCUT2D eigenvalue weighted by molar-refractivity contribution is -0.126. The first-order chi connectivity index (χ1) is 12.4. The van der Waals surface area contributed by atoms with Gasteiger partial charge in [-0.25, -0.2) is 9.37 Å². The lowest BCUT2D eigenvalue weighted by atomic mass is 9.86. The van der Waals surface area contributed by atoms with Crippen molar-refractivity contribution in [2.45, 2.75) is 25.3 Å². The fourth-order valence-corrected chi connectivity index (χ4v) is 3.79. The van der Waals surface area contributed by atoms with Crippen LogP contribution in [-0.4, -0.2) is 47.4 Å². The molecule has 26 heavy (non-hydrogen) atoms. The summed E-state index contributed by atoms with van der Waals surface area (Å²) in [7, 11) is 1.58. The summed E-state index contributed by atoms with van der Waals surface area (Å²) in [4.78, 5) is 31.1. The number of rotatable bonds is 4. The van der Waals surface area contributed by atoms with Gasteiger partial charge >= 0.3 is 0 Å². The molecule has 6 nitrogen and oxygen atoms in total. The van der Waals surface area contributed by atoms with E-state index < -0.39 is 5.54 Å². The van der Waals surface area contributed by atoms with Gasteiger partial charge in [0.15, 0.2) is 0 Å². The van der Waals surface area contributed by atoms with Gasteiger partial charge in [0.05, 0.1) is 5.01 Å². The molecular formula is C18H21FN4O2S. The zero-order valence-corrected chi connectivity index (χ0v) is 15.5. The quantitative estimate of drug-likeness (QED) is 0.860. The Morgan fingerprint density at radius 1 is 1.31 bits per heavy atom. The van der Waals surface area contributed by atoms with Crippen molar-refractivity contribution in [1.29, 1.82) is 0 Å². The Labute approximate surface area is 155 Å². The van der Waals surface area contributed by atoms with E-state index >= 15 is 0 Å². The summed E-state index contributed by atoms with van der Waals surface area (Å²) in [5.41, 5.74) is 0.110. The van der Waals surface area contributed by atoms with E-state index in [1.165, 1.54) is 23.5 Å². The Bertz CT molecular complexity index is 815. The molecule has 0 atom stereocenters. The highest BCUT2D eigenvalue weighted by Crippen LogP contribution is 2.28. The normalized spacial score (nSPS) is 16.2. The van der Waals surface area contributed by atoms with Crippen molar-refractivity contribution >= 4 is 28.8 Å². The van der Waals surface area contributed by atoms with E-state index in [0.29, 0.717) is 37.3 Å². The first kappa shape index (κ1) is 18.3.